The lowest BCUT2D eigenvalue weighted by molar-refractivity contribution is -0.140. The van der Waals surface area contributed by atoms with Crippen molar-refractivity contribution >= 4 is 34.1 Å². The van der Waals surface area contributed by atoms with Crippen molar-refractivity contribution in [2.75, 3.05) is 26.0 Å². The van der Waals surface area contributed by atoms with Crippen LogP contribution in [0.5, 0.6) is 0 Å². The summed E-state index contributed by atoms with van der Waals surface area (Å²) in [4.78, 5) is 40.6. The summed E-state index contributed by atoms with van der Waals surface area (Å²) in [6.45, 7) is 3.74. The third-order valence-corrected chi connectivity index (χ3v) is 8.17. The first kappa shape index (κ1) is 20.4. The maximum absolute atomic E-state index is 13.5. The molecule has 7 heteroatoms. The molecule has 0 aromatic carbocycles. The Morgan fingerprint density at radius 3 is 2.14 bits per heavy atom. The van der Waals surface area contributed by atoms with Crippen LogP contribution < -0.4 is 5.32 Å². The van der Waals surface area contributed by atoms with Crippen LogP contribution in [0.25, 0.3) is 0 Å². The molecule has 0 saturated heterocycles. The molecule has 4 fully saturated rings. The lowest BCUT2D eigenvalue weighted by atomic mass is 9.49. The van der Waals surface area contributed by atoms with Gasteiger partial charge in [-0.3, -0.25) is 9.59 Å². The Labute approximate surface area is 176 Å². The lowest BCUT2D eigenvalue weighted by Gasteiger charge is -2.55. The van der Waals surface area contributed by atoms with Crippen LogP contribution in [0, 0.1) is 30.1 Å². The second-order valence-electron chi connectivity index (χ2n) is 9.33. The molecular formula is C22H30N2O4S. The fourth-order valence-electron chi connectivity index (χ4n) is 6.08. The number of amides is 2. The predicted molar refractivity (Wildman–Crippen MR) is 112 cm³/mol. The first-order valence-electron chi connectivity index (χ1n) is 10.6. The standard InChI is InChI=1S/C22H30N2O4S/c1-5-28-20(26)16-12(2)17(19(25)24(3)4)29-18(16)23-21(27)22-9-13-6-14(10-22)8-15(7-13)11-22/h13-15H,5-11H2,1-4H3,(H,23,27). The molecule has 4 aliphatic rings. The van der Waals surface area contributed by atoms with Crippen LogP contribution in [0.3, 0.4) is 0 Å². The van der Waals surface area contributed by atoms with Gasteiger partial charge in [-0.25, -0.2) is 4.79 Å². The van der Waals surface area contributed by atoms with Gasteiger partial charge in [0.15, 0.2) is 0 Å². The highest BCUT2D eigenvalue weighted by atomic mass is 32.1. The highest BCUT2D eigenvalue weighted by Crippen LogP contribution is 2.60. The molecule has 1 aromatic heterocycles. The second-order valence-corrected chi connectivity index (χ2v) is 10.4. The smallest absolute Gasteiger partial charge is 0.341 e. The van der Waals surface area contributed by atoms with Gasteiger partial charge in [-0.05, 0) is 75.7 Å². The summed E-state index contributed by atoms with van der Waals surface area (Å²) in [5.41, 5.74) is 0.581. The van der Waals surface area contributed by atoms with Gasteiger partial charge in [0.05, 0.1) is 22.5 Å². The molecule has 1 heterocycles. The van der Waals surface area contributed by atoms with E-state index < -0.39 is 5.97 Å². The Bertz CT molecular complexity index is 822. The Hall–Kier alpha value is -1.89. The number of anilines is 1. The van der Waals surface area contributed by atoms with E-state index >= 15 is 0 Å². The SMILES string of the molecule is CCOC(=O)c1c(NC(=O)C23CC4CC(CC(C4)C2)C3)sc(C(=O)N(C)C)c1C. The van der Waals surface area contributed by atoms with E-state index in [4.69, 9.17) is 4.74 Å². The number of thiophene rings is 1. The van der Waals surface area contributed by atoms with E-state index in [1.54, 1.807) is 27.9 Å². The molecule has 1 N–H and O–H groups in total. The minimum Gasteiger partial charge on any atom is -0.462 e. The summed E-state index contributed by atoms with van der Waals surface area (Å²) in [6, 6.07) is 0. The Balaban J connectivity index is 1.65. The van der Waals surface area contributed by atoms with Crippen molar-refractivity contribution in [3.63, 3.8) is 0 Å². The molecule has 158 valence electrons. The van der Waals surface area contributed by atoms with E-state index in [0.717, 1.165) is 19.3 Å². The van der Waals surface area contributed by atoms with E-state index in [2.05, 4.69) is 5.32 Å². The molecule has 4 saturated carbocycles. The van der Waals surface area contributed by atoms with Gasteiger partial charge in [0.25, 0.3) is 5.91 Å². The maximum atomic E-state index is 13.5. The number of nitrogens with one attached hydrogen (secondary N) is 1. The number of carbonyl (C=O) groups is 3. The fraction of sp³-hybridized carbons (Fsp3) is 0.682. The number of hydrogen-bond acceptors (Lipinski definition) is 5. The van der Waals surface area contributed by atoms with Crippen LogP contribution in [-0.4, -0.2) is 43.4 Å². The number of esters is 1. The second kappa shape index (κ2) is 7.42. The van der Waals surface area contributed by atoms with Gasteiger partial charge in [-0.2, -0.15) is 0 Å². The zero-order chi connectivity index (χ0) is 20.9. The Kier molecular flexibility index (Phi) is 5.21. The van der Waals surface area contributed by atoms with E-state index in [1.807, 2.05) is 0 Å². The average molecular weight is 419 g/mol. The van der Waals surface area contributed by atoms with Gasteiger partial charge >= 0.3 is 5.97 Å². The third kappa shape index (κ3) is 3.47. The van der Waals surface area contributed by atoms with E-state index in [9.17, 15) is 14.4 Å². The molecular weight excluding hydrogens is 388 g/mol. The maximum Gasteiger partial charge on any atom is 0.341 e. The first-order chi connectivity index (χ1) is 13.7. The Morgan fingerprint density at radius 1 is 1.10 bits per heavy atom. The summed E-state index contributed by atoms with van der Waals surface area (Å²) in [7, 11) is 3.36. The predicted octanol–water partition coefficient (Wildman–Crippen LogP) is 4.09. The highest BCUT2D eigenvalue weighted by Gasteiger charge is 2.54. The normalized spacial score (nSPS) is 29.6. The molecule has 0 radical (unpaired) electrons. The van der Waals surface area contributed by atoms with Crippen molar-refractivity contribution in [1.82, 2.24) is 4.90 Å². The van der Waals surface area contributed by atoms with E-state index in [1.165, 1.54) is 35.5 Å². The molecule has 2 amide bonds. The minimum absolute atomic E-state index is 0.0206. The van der Waals surface area contributed by atoms with Gasteiger partial charge in [-0.1, -0.05) is 0 Å². The molecule has 4 bridgehead atoms. The first-order valence-corrected chi connectivity index (χ1v) is 11.4. The van der Waals surface area contributed by atoms with Crippen LogP contribution >= 0.6 is 11.3 Å². The van der Waals surface area contributed by atoms with E-state index in [0.29, 0.717) is 38.8 Å². The zero-order valence-electron chi connectivity index (χ0n) is 17.7. The molecule has 0 spiro atoms. The van der Waals surface area contributed by atoms with Crippen LogP contribution in [0.4, 0.5) is 5.00 Å². The highest BCUT2D eigenvalue weighted by molar-refractivity contribution is 7.18. The lowest BCUT2D eigenvalue weighted by Crippen LogP contribution is -2.51. The Morgan fingerprint density at radius 2 is 1.66 bits per heavy atom. The number of ether oxygens (including phenoxy) is 1. The van der Waals surface area contributed by atoms with Crippen molar-refractivity contribution in [2.45, 2.75) is 52.4 Å². The van der Waals surface area contributed by atoms with Crippen molar-refractivity contribution in [2.24, 2.45) is 23.2 Å². The minimum atomic E-state index is -0.486. The molecule has 5 rings (SSSR count). The monoisotopic (exact) mass is 418 g/mol. The summed E-state index contributed by atoms with van der Waals surface area (Å²) < 4.78 is 5.23. The van der Waals surface area contributed by atoms with E-state index in [-0.39, 0.29) is 23.8 Å². The number of carbonyl (C=O) groups excluding carboxylic acids is 3. The van der Waals surface area contributed by atoms with Crippen molar-refractivity contribution < 1.29 is 19.1 Å². The van der Waals surface area contributed by atoms with Crippen LogP contribution in [0.2, 0.25) is 0 Å². The molecule has 0 atom stereocenters. The van der Waals surface area contributed by atoms with Gasteiger partial charge < -0.3 is 15.0 Å². The third-order valence-electron chi connectivity index (χ3n) is 6.97. The summed E-state index contributed by atoms with van der Waals surface area (Å²) in [6.07, 6.45) is 6.65. The molecule has 1 aromatic rings. The average Bonchev–Trinajstić information content (AvgIpc) is 2.96. The van der Waals surface area contributed by atoms with Gasteiger partial charge in [0.1, 0.15) is 5.00 Å². The van der Waals surface area contributed by atoms with Gasteiger partial charge in [0, 0.05) is 14.1 Å². The molecule has 6 nitrogen and oxygen atoms in total. The van der Waals surface area contributed by atoms with Gasteiger partial charge in [-0.15, -0.1) is 11.3 Å². The molecule has 0 unspecified atom stereocenters. The number of hydrogen-bond donors (Lipinski definition) is 1. The quantitative estimate of drug-likeness (QED) is 0.731. The summed E-state index contributed by atoms with van der Waals surface area (Å²) in [5, 5.41) is 3.52. The van der Waals surface area contributed by atoms with Crippen LogP contribution in [0.15, 0.2) is 0 Å². The van der Waals surface area contributed by atoms with Gasteiger partial charge in [0.2, 0.25) is 5.91 Å². The zero-order valence-corrected chi connectivity index (χ0v) is 18.5. The number of nitrogens with zero attached hydrogens (tertiary/aromatic N) is 1. The molecule has 29 heavy (non-hydrogen) atoms. The topological polar surface area (TPSA) is 75.7 Å². The van der Waals surface area contributed by atoms with Crippen molar-refractivity contribution in [3.8, 4) is 0 Å². The molecule has 4 aliphatic carbocycles. The summed E-state index contributed by atoms with van der Waals surface area (Å²) >= 11 is 1.19. The van der Waals surface area contributed by atoms with Crippen molar-refractivity contribution in [3.05, 3.63) is 16.0 Å². The summed E-state index contributed by atoms with van der Waals surface area (Å²) in [5.74, 6) is 1.34. The van der Waals surface area contributed by atoms with Crippen LogP contribution in [-0.2, 0) is 9.53 Å². The van der Waals surface area contributed by atoms with Crippen LogP contribution in [0.1, 0.15) is 71.0 Å². The number of rotatable bonds is 5. The largest absolute Gasteiger partial charge is 0.462 e. The van der Waals surface area contributed by atoms with Crippen molar-refractivity contribution in [1.29, 1.82) is 0 Å². The molecule has 0 aliphatic heterocycles. The fourth-order valence-corrected chi connectivity index (χ4v) is 7.29.